The molecule has 0 aromatic heterocycles. The van der Waals surface area contributed by atoms with Gasteiger partial charge >= 0.3 is 5.97 Å². The molecule has 0 aliphatic carbocycles. The number of benzene rings is 1. The molecule has 3 N–H and O–H groups in total. The largest absolute Gasteiger partial charge is 0.462 e. The molecule has 0 aliphatic heterocycles. The number of esters is 1. The Kier molecular flexibility index (Phi) is 8.23. The van der Waals surface area contributed by atoms with Gasteiger partial charge in [0.1, 0.15) is 11.6 Å². The molecule has 0 heterocycles. The standard InChI is InChI=1S/C17H20N4O4/c1-3-25-17(24)13-4-6-15(7-5-13)21-16(23)14(10-18)11-19-8-9-20-12(2)22/h4-7,11,19H,3,8-9H2,1-2H3,(H,20,22)(H,21,23)/b14-11-. The fourth-order valence-electron chi connectivity index (χ4n) is 1.74. The molecule has 0 unspecified atom stereocenters. The maximum atomic E-state index is 12.0. The zero-order chi connectivity index (χ0) is 18.7. The zero-order valence-corrected chi connectivity index (χ0v) is 14.1. The highest BCUT2D eigenvalue weighted by atomic mass is 16.5. The quantitative estimate of drug-likeness (QED) is 0.279. The number of nitrogens with one attached hydrogen (secondary N) is 3. The van der Waals surface area contributed by atoms with Crippen LogP contribution >= 0.6 is 0 Å². The summed E-state index contributed by atoms with van der Waals surface area (Å²) in [4.78, 5) is 34.3. The maximum absolute atomic E-state index is 12.0. The number of rotatable bonds is 8. The molecular formula is C17H20N4O4. The Labute approximate surface area is 145 Å². The number of amides is 2. The first-order valence-corrected chi connectivity index (χ1v) is 7.64. The summed E-state index contributed by atoms with van der Waals surface area (Å²) in [5.74, 6) is -1.19. The van der Waals surface area contributed by atoms with Crippen LogP contribution in [0.4, 0.5) is 5.69 Å². The summed E-state index contributed by atoms with van der Waals surface area (Å²) in [6, 6.07) is 7.93. The van der Waals surface area contributed by atoms with Gasteiger partial charge in [-0.05, 0) is 31.2 Å². The van der Waals surface area contributed by atoms with Crippen molar-refractivity contribution in [3.05, 3.63) is 41.6 Å². The minimum Gasteiger partial charge on any atom is -0.462 e. The fraction of sp³-hybridized carbons (Fsp3) is 0.294. The Morgan fingerprint density at radius 3 is 2.44 bits per heavy atom. The number of hydrogen-bond acceptors (Lipinski definition) is 6. The summed E-state index contributed by atoms with van der Waals surface area (Å²) < 4.78 is 4.87. The van der Waals surface area contributed by atoms with E-state index in [2.05, 4.69) is 16.0 Å². The lowest BCUT2D eigenvalue weighted by Gasteiger charge is -2.07. The lowest BCUT2D eigenvalue weighted by atomic mass is 10.2. The van der Waals surface area contributed by atoms with Crippen molar-refractivity contribution < 1.29 is 19.1 Å². The minimum absolute atomic E-state index is 0.114. The lowest BCUT2D eigenvalue weighted by Crippen LogP contribution is -2.28. The van der Waals surface area contributed by atoms with Crippen LogP contribution < -0.4 is 16.0 Å². The highest BCUT2D eigenvalue weighted by Gasteiger charge is 2.10. The lowest BCUT2D eigenvalue weighted by molar-refractivity contribution is -0.119. The van der Waals surface area contributed by atoms with E-state index in [0.717, 1.165) is 0 Å². The second kappa shape index (κ2) is 10.4. The predicted molar refractivity (Wildman–Crippen MR) is 91.4 cm³/mol. The smallest absolute Gasteiger partial charge is 0.338 e. The molecule has 0 saturated heterocycles. The molecule has 1 aromatic rings. The normalized spacial score (nSPS) is 10.4. The average Bonchev–Trinajstić information content (AvgIpc) is 2.58. The highest BCUT2D eigenvalue weighted by Crippen LogP contribution is 2.11. The summed E-state index contributed by atoms with van der Waals surface area (Å²) in [5.41, 5.74) is 0.699. The Morgan fingerprint density at radius 2 is 1.88 bits per heavy atom. The van der Waals surface area contributed by atoms with Crippen LogP contribution in [-0.4, -0.2) is 37.5 Å². The van der Waals surface area contributed by atoms with Crippen molar-refractivity contribution in [3.63, 3.8) is 0 Å². The maximum Gasteiger partial charge on any atom is 0.338 e. The number of nitriles is 1. The first-order valence-electron chi connectivity index (χ1n) is 7.64. The van der Waals surface area contributed by atoms with Crippen molar-refractivity contribution in [1.82, 2.24) is 10.6 Å². The first kappa shape index (κ1) is 19.7. The fourth-order valence-corrected chi connectivity index (χ4v) is 1.74. The third-order valence-corrected chi connectivity index (χ3v) is 2.91. The van der Waals surface area contributed by atoms with E-state index in [-0.39, 0.29) is 18.1 Å². The highest BCUT2D eigenvalue weighted by molar-refractivity contribution is 6.06. The number of anilines is 1. The Hall–Kier alpha value is -3.34. The molecule has 1 aromatic carbocycles. The van der Waals surface area contributed by atoms with Gasteiger partial charge in [-0.1, -0.05) is 0 Å². The number of ether oxygens (including phenoxy) is 1. The van der Waals surface area contributed by atoms with E-state index in [1.54, 1.807) is 25.1 Å². The Morgan fingerprint density at radius 1 is 1.20 bits per heavy atom. The average molecular weight is 344 g/mol. The van der Waals surface area contributed by atoms with Gasteiger partial charge in [0.05, 0.1) is 12.2 Å². The third kappa shape index (κ3) is 7.18. The molecule has 0 aliphatic rings. The van der Waals surface area contributed by atoms with Crippen LogP contribution in [0.2, 0.25) is 0 Å². The molecule has 2 amide bonds. The second-order valence-electron chi connectivity index (χ2n) is 4.86. The van der Waals surface area contributed by atoms with Gasteiger partial charge in [0.25, 0.3) is 5.91 Å². The SMILES string of the molecule is CCOC(=O)c1ccc(NC(=O)/C(C#N)=C\NCCNC(C)=O)cc1. The van der Waals surface area contributed by atoms with Crippen molar-refractivity contribution in [2.75, 3.05) is 25.0 Å². The van der Waals surface area contributed by atoms with Crippen LogP contribution in [0.3, 0.4) is 0 Å². The summed E-state index contributed by atoms with van der Waals surface area (Å²) in [5, 5.41) is 17.0. The summed E-state index contributed by atoms with van der Waals surface area (Å²) >= 11 is 0. The topological polar surface area (TPSA) is 120 Å². The van der Waals surface area contributed by atoms with Crippen LogP contribution in [0.1, 0.15) is 24.2 Å². The van der Waals surface area contributed by atoms with Crippen molar-refractivity contribution in [1.29, 1.82) is 5.26 Å². The van der Waals surface area contributed by atoms with E-state index in [1.165, 1.54) is 25.3 Å². The molecule has 0 saturated carbocycles. The van der Waals surface area contributed by atoms with Gasteiger partial charge in [0.2, 0.25) is 5.91 Å². The molecule has 0 atom stereocenters. The summed E-state index contributed by atoms with van der Waals surface area (Å²) in [6.07, 6.45) is 1.28. The Bertz CT molecular complexity index is 690. The van der Waals surface area contributed by atoms with Gasteiger partial charge in [0, 0.05) is 31.9 Å². The van der Waals surface area contributed by atoms with Crippen molar-refractivity contribution in [2.24, 2.45) is 0 Å². The van der Waals surface area contributed by atoms with Crippen LogP contribution in [0.5, 0.6) is 0 Å². The molecule has 0 bridgehead atoms. The van der Waals surface area contributed by atoms with Gasteiger partial charge in [-0.25, -0.2) is 4.79 Å². The van der Waals surface area contributed by atoms with Crippen LogP contribution in [0.15, 0.2) is 36.0 Å². The van der Waals surface area contributed by atoms with Crippen molar-refractivity contribution in [2.45, 2.75) is 13.8 Å². The van der Waals surface area contributed by atoms with E-state index >= 15 is 0 Å². The molecule has 0 radical (unpaired) electrons. The van der Waals surface area contributed by atoms with Gasteiger partial charge in [0.15, 0.2) is 0 Å². The van der Waals surface area contributed by atoms with E-state index in [0.29, 0.717) is 24.3 Å². The molecule has 132 valence electrons. The van der Waals surface area contributed by atoms with Crippen LogP contribution in [0, 0.1) is 11.3 Å². The van der Waals surface area contributed by atoms with Gasteiger partial charge in [-0.15, -0.1) is 0 Å². The zero-order valence-electron chi connectivity index (χ0n) is 14.1. The predicted octanol–water partition coefficient (Wildman–Crippen LogP) is 0.935. The number of carbonyl (C=O) groups excluding carboxylic acids is 3. The molecule has 0 fully saturated rings. The van der Waals surface area contributed by atoms with Gasteiger partial charge in [-0.2, -0.15) is 5.26 Å². The molecule has 1 rings (SSSR count). The molecule has 0 spiro atoms. The first-order chi connectivity index (χ1) is 12.0. The third-order valence-electron chi connectivity index (χ3n) is 2.91. The van der Waals surface area contributed by atoms with Crippen molar-refractivity contribution >= 4 is 23.5 Å². The summed E-state index contributed by atoms with van der Waals surface area (Å²) in [6.45, 7) is 4.15. The van der Waals surface area contributed by atoms with Gasteiger partial charge < -0.3 is 20.7 Å². The number of nitrogens with zero attached hydrogens (tertiary/aromatic N) is 1. The second-order valence-corrected chi connectivity index (χ2v) is 4.86. The minimum atomic E-state index is -0.585. The summed E-state index contributed by atoms with van der Waals surface area (Å²) in [7, 11) is 0. The van der Waals surface area contributed by atoms with Crippen molar-refractivity contribution in [3.8, 4) is 6.07 Å². The Balaban J connectivity index is 2.59. The van der Waals surface area contributed by atoms with Crippen LogP contribution in [-0.2, 0) is 14.3 Å². The molecule has 25 heavy (non-hydrogen) atoms. The van der Waals surface area contributed by atoms with E-state index in [9.17, 15) is 14.4 Å². The van der Waals surface area contributed by atoms with Crippen LogP contribution in [0.25, 0.3) is 0 Å². The molecule has 8 nitrogen and oxygen atoms in total. The van der Waals surface area contributed by atoms with E-state index < -0.39 is 11.9 Å². The van der Waals surface area contributed by atoms with E-state index in [1.807, 2.05) is 0 Å². The monoisotopic (exact) mass is 344 g/mol. The molecular weight excluding hydrogens is 324 g/mol. The number of hydrogen-bond donors (Lipinski definition) is 3. The molecule has 8 heteroatoms. The number of carbonyl (C=O) groups is 3. The van der Waals surface area contributed by atoms with E-state index in [4.69, 9.17) is 10.00 Å². The van der Waals surface area contributed by atoms with Gasteiger partial charge in [-0.3, -0.25) is 9.59 Å².